The maximum atomic E-state index is 13.8. The van der Waals surface area contributed by atoms with Gasteiger partial charge in [-0.25, -0.2) is 0 Å². The number of carbonyl (C=O) groups excluding carboxylic acids is 1. The Hall–Kier alpha value is -1.98. The summed E-state index contributed by atoms with van der Waals surface area (Å²) in [7, 11) is 1.64. The summed E-state index contributed by atoms with van der Waals surface area (Å²) in [6, 6.07) is 15.0. The summed E-state index contributed by atoms with van der Waals surface area (Å²) in [6.07, 6.45) is 7.66. The Balaban J connectivity index is 1.78. The molecular formula is C25H32N2O2S. The third kappa shape index (κ3) is 3.85. The van der Waals surface area contributed by atoms with Gasteiger partial charge in [-0.05, 0) is 75.2 Å². The van der Waals surface area contributed by atoms with Gasteiger partial charge in [0.15, 0.2) is 0 Å². The topological polar surface area (TPSA) is 41.6 Å². The predicted molar refractivity (Wildman–Crippen MR) is 124 cm³/mol. The van der Waals surface area contributed by atoms with Crippen LogP contribution in [0.5, 0.6) is 5.75 Å². The van der Waals surface area contributed by atoms with E-state index in [2.05, 4.69) is 46.6 Å². The molecule has 160 valence electrons. The minimum Gasteiger partial charge on any atom is -0.496 e. The number of hydrogen-bond acceptors (Lipinski definition) is 4. The quantitative estimate of drug-likeness (QED) is 0.686. The number of amides is 1. The van der Waals surface area contributed by atoms with Crippen LogP contribution in [0.3, 0.4) is 0 Å². The number of nitrogens with one attached hydrogen (secondary N) is 1. The van der Waals surface area contributed by atoms with Crippen molar-refractivity contribution in [3.8, 4) is 5.75 Å². The van der Waals surface area contributed by atoms with Crippen LogP contribution >= 0.6 is 11.8 Å². The van der Waals surface area contributed by atoms with Crippen molar-refractivity contribution in [3.63, 3.8) is 0 Å². The van der Waals surface area contributed by atoms with Crippen LogP contribution in [-0.4, -0.2) is 43.3 Å². The summed E-state index contributed by atoms with van der Waals surface area (Å²) in [4.78, 5) is 17.4. The minimum absolute atomic E-state index is 0.0347. The number of nitrogens with zero attached hydrogens (tertiary/aromatic N) is 1. The smallest absolute Gasteiger partial charge is 0.256 e. The summed E-state index contributed by atoms with van der Waals surface area (Å²) >= 11 is 1.60. The van der Waals surface area contributed by atoms with Crippen molar-refractivity contribution in [2.24, 2.45) is 0 Å². The maximum Gasteiger partial charge on any atom is 0.256 e. The lowest BCUT2D eigenvalue weighted by atomic mass is 9.72. The average molecular weight is 425 g/mol. The molecule has 2 fully saturated rings. The van der Waals surface area contributed by atoms with E-state index in [1.807, 2.05) is 19.2 Å². The van der Waals surface area contributed by atoms with E-state index in [0.717, 1.165) is 42.8 Å². The van der Waals surface area contributed by atoms with E-state index >= 15 is 0 Å². The minimum atomic E-state index is -0.372. The number of piperidine rings is 2. The third-order valence-electron chi connectivity index (χ3n) is 6.70. The van der Waals surface area contributed by atoms with E-state index in [-0.39, 0.29) is 11.4 Å². The molecule has 0 aliphatic carbocycles. The molecule has 0 unspecified atom stereocenters. The van der Waals surface area contributed by atoms with Crippen molar-refractivity contribution in [1.82, 2.24) is 10.2 Å². The van der Waals surface area contributed by atoms with E-state index in [0.29, 0.717) is 17.4 Å². The lowest BCUT2D eigenvalue weighted by Gasteiger charge is -2.53. The van der Waals surface area contributed by atoms with Crippen LogP contribution in [0.1, 0.15) is 53.6 Å². The number of fused-ring (bicyclic) bond motifs is 1. The van der Waals surface area contributed by atoms with Gasteiger partial charge < -0.3 is 10.1 Å². The van der Waals surface area contributed by atoms with Gasteiger partial charge in [0.25, 0.3) is 5.91 Å². The number of carbonyl (C=O) groups is 1. The molecule has 30 heavy (non-hydrogen) atoms. The predicted octanol–water partition coefficient (Wildman–Crippen LogP) is 5.00. The Morgan fingerprint density at radius 2 is 1.93 bits per heavy atom. The zero-order valence-electron chi connectivity index (χ0n) is 18.2. The second-order valence-electron chi connectivity index (χ2n) is 8.49. The van der Waals surface area contributed by atoms with Crippen LogP contribution in [0.4, 0.5) is 0 Å². The largest absolute Gasteiger partial charge is 0.496 e. The molecule has 0 bridgehead atoms. The van der Waals surface area contributed by atoms with Gasteiger partial charge >= 0.3 is 0 Å². The van der Waals surface area contributed by atoms with Gasteiger partial charge in [0.1, 0.15) is 5.75 Å². The highest BCUT2D eigenvalue weighted by Gasteiger charge is 2.47. The summed E-state index contributed by atoms with van der Waals surface area (Å²) in [6.45, 7) is 4.29. The first-order chi connectivity index (χ1) is 14.6. The third-order valence-corrected chi connectivity index (χ3v) is 7.46. The molecule has 4 rings (SSSR count). The fourth-order valence-corrected chi connectivity index (χ4v) is 6.07. The second-order valence-corrected chi connectivity index (χ2v) is 9.34. The summed E-state index contributed by atoms with van der Waals surface area (Å²) in [5.41, 5.74) is 2.59. The standard InChI is InChI=1S/C25H32N2O2S/c1-18-16-20(29-2)23(21(17-18)30-3)24(28)26-25(19-10-5-4-6-11-19)13-9-15-27-14-8-7-12-22(25)27/h4-6,10-11,16-17,22H,7-9,12-15H2,1-3H3,(H,26,28)/t22-,25+/m1/s1. The average Bonchev–Trinajstić information content (AvgIpc) is 2.79. The summed E-state index contributed by atoms with van der Waals surface area (Å²) in [5, 5.41) is 3.56. The number of rotatable bonds is 5. The molecule has 2 saturated heterocycles. The molecular weight excluding hydrogens is 392 g/mol. The number of ether oxygens (including phenoxy) is 1. The number of aryl methyl sites for hydroxylation is 1. The van der Waals surface area contributed by atoms with Gasteiger partial charge in [-0.1, -0.05) is 36.8 Å². The molecule has 0 saturated carbocycles. The first kappa shape index (κ1) is 21.3. The van der Waals surface area contributed by atoms with Gasteiger partial charge in [-0.15, -0.1) is 11.8 Å². The normalized spacial score (nSPS) is 24.2. The Morgan fingerprint density at radius 1 is 1.17 bits per heavy atom. The van der Waals surface area contributed by atoms with Crippen molar-refractivity contribution in [1.29, 1.82) is 0 Å². The molecule has 4 nitrogen and oxygen atoms in total. The Kier molecular flexibility index (Phi) is 6.40. The van der Waals surface area contributed by atoms with E-state index in [1.165, 1.54) is 18.4 Å². The lowest BCUT2D eigenvalue weighted by molar-refractivity contribution is 0.0170. The fraction of sp³-hybridized carbons (Fsp3) is 0.480. The fourth-order valence-electron chi connectivity index (χ4n) is 5.37. The molecule has 2 aromatic rings. The highest BCUT2D eigenvalue weighted by molar-refractivity contribution is 7.98. The molecule has 5 heteroatoms. The van der Waals surface area contributed by atoms with Gasteiger partial charge in [0, 0.05) is 10.9 Å². The summed E-state index contributed by atoms with van der Waals surface area (Å²) in [5.74, 6) is 0.615. The first-order valence-corrected chi connectivity index (χ1v) is 12.2. The highest BCUT2D eigenvalue weighted by atomic mass is 32.2. The van der Waals surface area contributed by atoms with Gasteiger partial charge in [0.2, 0.25) is 0 Å². The molecule has 2 aliphatic heterocycles. The molecule has 2 aromatic carbocycles. The number of methoxy groups -OCH3 is 1. The zero-order valence-corrected chi connectivity index (χ0v) is 19.1. The Bertz CT molecular complexity index is 874. The zero-order chi connectivity index (χ0) is 21.1. The summed E-state index contributed by atoms with van der Waals surface area (Å²) < 4.78 is 5.64. The molecule has 0 radical (unpaired) electrons. The number of benzene rings is 2. The van der Waals surface area contributed by atoms with Crippen molar-refractivity contribution < 1.29 is 9.53 Å². The van der Waals surface area contributed by atoms with Crippen LogP contribution in [0.15, 0.2) is 47.4 Å². The van der Waals surface area contributed by atoms with Gasteiger partial charge in [-0.3, -0.25) is 9.69 Å². The van der Waals surface area contributed by atoms with Crippen LogP contribution < -0.4 is 10.1 Å². The second kappa shape index (κ2) is 9.03. The lowest BCUT2D eigenvalue weighted by Crippen LogP contribution is -2.64. The Labute approximate surface area is 184 Å². The van der Waals surface area contributed by atoms with Crippen molar-refractivity contribution in [3.05, 3.63) is 59.2 Å². The van der Waals surface area contributed by atoms with Gasteiger partial charge in [0.05, 0.1) is 18.2 Å². The molecule has 0 aromatic heterocycles. The van der Waals surface area contributed by atoms with Crippen LogP contribution in [0.2, 0.25) is 0 Å². The van der Waals surface area contributed by atoms with Crippen LogP contribution in [0, 0.1) is 6.92 Å². The van der Waals surface area contributed by atoms with Crippen LogP contribution in [0.25, 0.3) is 0 Å². The molecule has 2 aliphatic rings. The maximum absolute atomic E-state index is 13.8. The van der Waals surface area contributed by atoms with Gasteiger partial charge in [-0.2, -0.15) is 0 Å². The SMILES string of the molecule is COc1cc(C)cc(SC)c1C(=O)N[C@]1(c2ccccc2)CCCN2CCCC[C@@H]21. The van der Waals surface area contributed by atoms with Crippen molar-refractivity contribution in [2.75, 3.05) is 26.5 Å². The molecule has 2 heterocycles. The highest BCUT2D eigenvalue weighted by Crippen LogP contribution is 2.42. The monoisotopic (exact) mass is 424 g/mol. The van der Waals surface area contributed by atoms with Crippen molar-refractivity contribution in [2.45, 2.75) is 55.5 Å². The van der Waals surface area contributed by atoms with E-state index < -0.39 is 0 Å². The van der Waals surface area contributed by atoms with E-state index in [1.54, 1.807) is 18.9 Å². The van der Waals surface area contributed by atoms with Crippen molar-refractivity contribution >= 4 is 17.7 Å². The molecule has 2 atom stereocenters. The Morgan fingerprint density at radius 3 is 2.67 bits per heavy atom. The number of hydrogen-bond donors (Lipinski definition) is 1. The molecule has 1 N–H and O–H groups in total. The van der Waals surface area contributed by atoms with E-state index in [9.17, 15) is 4.79 Å². The number of thioether (sulfide) groups is 1. The van der Waals surface area contributed by atoms with Crippen LogP contribution in [-0.2, 0) is 5.54 Å². The molecule has 1 amide bonds. The first-order valence-electron chi connectivity index (χ1n) is 10.9. The molecule has 0 spiro atoms. The van der Waals surface area contributed by atoms with E-state index in [4.69, 9.17) is 4.74 Å².